The number of benzene rings is 1. The van der Waals surface area contributed by atoms with E-state index in [9.17, 15) is 0 Å². The number of nitrogens with zero attached hydrogens (tertiary/aromatic N) is 1. The minimum atomic E-state index is 0.310. The summed E-state index contributed by atoms with van der Waals surface area (Å²) < 4.78 is 0. The molecule has 1 nitrogen and oxygen atoms in total. The van der Waals surface area contributed by atoms with Crippen molar-refractivity contribution in [2.75, 3.05) is 11.4 Å². The Kier molecular flexibility index (Phi) is 1.99. The van der Waals surface area contributed by atoms with Crippen LogP contribution in [0.15, 0.2) is 24.3 Å². The molecule has 1 saturated heterocycles. The molecule has 1 aliphatic heterocycles. The highest BCUT2D eigenvalue weighted by Gasteiger charge is 2.35. The van der Waals surface area contributed by atoms with Crippen LogP contribution in [0.4, 0.5) is 5.69 Å². The van der Waals surface area contributed by atoms with Crippen LogP contribution in [0.1, 0.15) is 20.3 Å². The Bertz CT molecular complexity index is 320. The minimum Gasteiger partial charge on any atom is -0.366 e. The molecule has 1 fully saturated rings. The fourth-order valence-corrected chi connectivity index (χ4v) is 1.98. The Hall–Kier alpha value is -0.690. The molecular weight excluding hydrogens is 182 g/mol. The van der Waals surface area contributed by atoms with Gasteiger partial charge in [-0.05, 0) is 38.5 Å². The number of halogens is 1. The third-order valence-electron chi connectivity index (χ3n) is 2.80. The van der Waals surface area contributed by atoms with Crippen LogP contribution in [0.2, 0.25) is 5.02 Å². The van der Waals surface area contributed by atoms with Gasteiger partial charge in [-0.1, -0.05) is 17.7 Å². The second kappa shape index (κ2) is 2.91. The molecule has 0 spiro atoms. The molecule has 0 amide bonds. The summed E-state index contributed by atoms with van der Waals surface area (Å²) in [5, 5.41) is 0.820. The van der Waals surface area contributed by atoms with Crippen LogP contribution in [-0.2, 0) is 0 Å². The second-order valence-corrected chi connectivity index (χ2v) is 4.63. The second-order valence-electron chi connectivity index (χ2n) is 4.19. The van der Waals surface area contributed by atoms with Crippen LogP contribution < -0.4 is 4.90 Å². The zero-order valence-electron chi connectivity index (χ0n) is 8.05. The molecule has 2 heteroatoms. The van der Waals surface area contributed by atoms with Crippen molar-refractivity contribution in [3.63, 3.8) is 0 Å². The van der Waals surface area contributed by atoms with Gasteiger partial charge in [-0.2, -0.15) is 0 Å². The van der Waals surface area contributed by atoms with Gasteiger partial charge in [0.2, 0.25) is 0 Å². The Morgan fingerprint density at radius 1 is 1.38 bits per heavy atom. The standard InChI is InChI=1S/C11H14ClN/c1-11(2)6-7-13(11)10-5-3-4-9(12)8-10/h3-5,8H,6-7H2,1-2H3. The highest BCUT2D eigenvalue weighted by Crippen LogP contribution is 2.35. The van der Waals surface area contributed by atoms with Gasteiger partial charge < -0.3 is 4.90 Å². The lowest BCUT2D eigenvalue weighted by Gasteiger charge is -2.50. The van der Waals surface area contributed by atoms with Gasteiger partial charge >= 0.3 is 0 Å². The highest BCUT2D eigenvalue weighted by atomic mass is 35.5. The van der Waals surface area contributed by atoms with Crippen molar-refractivity contribution in [2.45, 2.75) is 25.8 Å². The molecule has 1 aliphatic rings. The van der Waals surface area contributed by atoms with Crippen molar-refractivity contribution >= 4 is 17.3 Å². The van der Waals surface area contributed by atoms with E-state index in [1.54, 1.807) is 0 Å². The Labute approximate surface area is 84.3 Å². The molecule has 0 bridgehead atoms. The SMILES string of the molecule is CC1(C)CCN1c1cccc(Cl)c1. The lowest BCUT2D eigenvalue weighted by atomic mass is 9.88. The minimum absolute atomic E-state index is 0.310. The molecule has 0 saturated carbocycles. The molecule has 1 aromatic carbocycles. The van der Waals surface area contributed by atoms with E-state index in [-0.39, 0.29) is 0 Å². The molecule has 0 atom stereocenters. The predicted octanol–water partition coefficient (Wildman–Crippen LogP) is 3.33. The topological polar surface area (TPSA) is 3.24 Å². The van der Waals surface area contributed by atoms with E-state index in [1.165, 1.54) is 12.1 Å². The van der Waals surface area contributed by atoms with Gasteiger partial charge in [-0.3, -0.25) is 0 Å². The highest BCUT2D eigenvalue weighted by molar-refractivity contribution is 6.30. The van der Waals surface area contributed by atoms with Crippen molar-refractivity contribution in [1.29, 1.82) is 0 Å². The van der Waals surface area contributed by atoms with E-state index in [0.29, 0.717) is 5.54 Å². The quantitative estimate of drug-likeness (QED) is 0.665. The predicted molar refractivity (Wildman–Crippen MR) is 57.5 cm³/mol. The monoisotopic (exact) mass is 195 g/mol. The normalized spacial score (nSPS) is 19.8. The van der Waals surface area contributed by atoms with E-state index < -0.39 is 0 Å². The first-order valence-corrected chi connectivity index (χ1v) is 5.01. The van der Waals surface area contributed by atoms with Gasteiger partial charge in [0.15, 0.2) is 0 Å². The molecule has 2 rings (SSSR count). The van der Waals surface area contributed by atoms with E-state index in [2.05, 4.69) is 24.8 Å². The number of hydrogen-bond donors (Lipinski definition) is 0. The molecule has 0 N–H and O–H groups in total. The van der Waals surface area contributed by atoms with Crippen molar-refractivity contribution in [2.24, 2.45) is 0 Å². The third kappa shape index (κ3) is 1.53. The number of anilines is 1. The van der Waals surface area contributed by atoms with Crippen molar-refractivity contribution in [3.8, 4) is 0 Å². The molecular formula is C11H14ClN. The van der Waals surface area contributed by atoms with Crippen LogP contribution >= 0.6 is 11.6 Å². The lowest BCUT2D eigenvalue weighted by molar-refractivity contribution is 0.332. The largest absolute Gasteiger partial charge is 0.366 e. The maximum atomic E-state index is 5.94. The van der Waals surface area contributed by atoms with Gasteiger partial charge in [-0.25, -0.2) is 0 Å². The summed E-state index contributed by atoms with van der Waals surface area (Å²) in [6.07, 6.45) is 1.26. The lowest BCUT2D eigenvalue weighted by Crippen LogP contribution is -2.56. The van der Waals surface area contributed by atoms with Crippen LogP contribution in [0.3, 0.4) is 0 Å². The van der Waals surface area contributed by atoms with E-state index in [4.69, 9.17) is 11.6 Å². The van der Waals surface area contributed by atoms with Gasteiger partial charge in [0.1, 0.15) is 0 Å². The summed E-state index contributed by atoms with van der Waals surface area (Å²) in [7, 11) is 0. The first-order valence-electron chi connectivity index (χ1n) is 4.63. The van der Waals surface area contributed by atoms with Crippen molar-refractivity contribution in [1.82, 2.24) is 0 Å². The maximum Gasteiger partial charge on any atom is 0.0426 e. The van der Waals surface area contributed by atoms with Gasteiger partial charge in [-0.15, -0.1) is 0 Å². The molecule has 70 valence electrons. The summed E-state index contributed by atoms with van der Waals surface area (Å²) in [4.78, 5) is 2.39. The molecule has 0 aromatic heterocycles. The van der Waals surface area contributed by atoms with Crippen LogP contribution in [-0.4, -0.2) is 12.1 Å². The van der Waals surface area contributed by atoms with Crippen molar-refractivity contribution in [3.05, 3.63) is 29.3 Å². The molecule has 13 heavy (non-hydrogen) atoms. The Balaban J connectivity index is 2.26. The van der Waals surface area contributed by atoms with E-state index >= 15 is 0 Å². The van der Waals surface area contributed by atoms with Gasteiger partial charge in [0, 0.05) is 22.8 Å². The van der Waals surface area contributed by atoms with Crippen LogP contribution in [0.25, 0.3) is 0 Å². The van der Waals surface area contributed by atoms with Crippen molar-refractivity contribution < 1.29 is 0 Å². The molecule has 1 heterocycles. The summed E-state index contributed by atoms with van der Waals surface area (Å²) in [5.41, 5.74) is 1.55. The molecule has 0 unspecified atom stereocenters. The average Bonchev–Trinajstić information content (AvgIpc) is 2.02. The zero-order chi connectivity index (χ0) is 9.47. The molecule has 1 aromatic rings. The number of hydrogen-bond acceptors (Lipinski definition) is 1. The molecule has 0 radical (unpaired) electrons. The average molecular weight is 196 g/mol. The summed E-state index contributed by atoms with van der Waals surface area (Å²) >= 11 is 5.94. The van der Waals surface area contributed by atoms with Gasteiger partial charge in [0.25, 0.3) is 0 Å². The number of rotatable bonds is 1. The van der Waals surface area contributed by atoms with Crippen LogP contribution in [0.5, 0.6) is 0 Å². The zero-order valence-corrected chi connectivity index (χ0v) is 8.80. The smallest absolute Gasteiger partial charge is 0.0426 e. The first kappa shape index (κ1) is 8.89. The maximum absolute atomic E-state index is 5.94. The van der Waals surface area contributed by atoms with E-state index in [1.807, 2.05) is 18.2 Å². The molecule has 0 aliphatic carbocycles. The summed E-state index contributed by atoms with van der Waals surface area (Å²) in [5.74, 6) is 0. The Morgan fingerprint density at radius 3 is 2.62 bits per heavy atom. The Morgan fingerprint density at radius 2 is 2.15 bits per heavy atom. The summed E-state index contributed by atoms with van der Waals surface area (Å²) in [6.45, 7) is 5.67. The fraction of sp³-hybridized carbons (Fsp3) is 0.455. The van der Waals surface area contributed by atoms with Crippen LogP contribution in [0, 0.1) is 0 Å². The summed E-state index contributed by atoms with van der Waals surface area (Å²) in [6, 6.07) is 8.07. The third-order valence-corrected chi connectivity index (χ3v) is 3.03. The van der Waals surface area contributed by atoms with E-state index in [0.717, 1.165) is 11.6 Å². The van der Waals surface area contributed by atoms with Gasteiger partial charge in [0.05, 0.1) is 0 Å². The fourth-order valence-electron chi connectivity index (χ4n) is 1.79. The first-order chi connectivity index (χ1) is 6.09.